The van der Waals surface area contributed by atoms with Crippen LogP contribution in [0.3, 0.4) is 0 Å². The number of methoxy groups -OCH3 is 1. The highest BCUT2D eigenvalue weighted by Gasteiger charge is 2.36. The topological polar surface area (TPSA) is 49.8 Å². The first-order valence-corrected chi connectivity index (χ1v) is 6.74. The fourth-order valence-electron chi connectivity index (χ4n) is 2.37. The van der Waals surface area contributed by atoms with Gasteiger partial charge in [-0.3, -0.25) is 9.69 Å². The molecule has 1 aromatic carbocycles. The second-order valence-corrected chi connectivity index (χ2v) is 5.55. The lowest BCUT2D eigenvalue weighted by atomic mass is 10.1. The molecule has 19 heavy (non-hydrogen) atoms. The summed E-state index contributed by atoms with van der Waals surface area (Å²) in [7, 11) is 1.32. The summed E-state index contributed by atoms with van der Waals surface area (Å²) in [5.74, 6) is -0.703. The zero-order chi connectivity index (χ0) is 14.0. The van der Waals surface area contributed by atoms with Crippen LogP contribution in [0.4, 0.5) is 4.39 Å². The Balaban J connectivity index is 2.14. The molecule has 1 aliphatic rings. The van der Waals surface area contributed by atoms with Gasteiger partial charge in [-0.05, 0) is 23.8 Å². The van der Waals surface area contributed by atoms with Crippen LogP contribution in [0, 0.1) is 5.82 Å². The fraction of sp³-hybridized carbons (Fsp3) is 0.462. The average molecular weight is 332 g/mol. The molecule has 1 fully saturated rings. The van der Waals surface area contributed by atoms with E-state index >= 15 is 0 Å². The molecule has 1 saturated heterocycles. The molecule has 0 aromatic heterocycles. The van der Waals surface area contributed by atoms with E-state index < -0.39 is 12.1 Å². The zero-order valence-corrected chi connectivity index (χ0v) is 12.1. The number of hydrogen-bond donors (Lipinski definition) is 1. The summed E-state index contributed by atoms with van der Waals surface area (Å²) in [5, 5.41) is 9.67. The maximum Gasteiger partial charge on any atom is 0.323 e. The number of benzene rings is 1. The second kappa shape index (κ2) is 5.98. The lowest BCUT2D eigenvalue weighted by molar-refractivity contribution is -0.146. The van der Waals surface area contributed by atoms with Crippen molar-refractivity contribution in [3.63, 3.8) is 0 Å². The van der Waals surface area contributed by atoms with E-state index in [9.17, 15) is 14.3 Å². The molecule has 2 atom stereocenters. The molecule has 0 radical (unpaired) electrons. The van der Waals surface area contributed by atoms with Crippen molar-refractivity contribution in [3.8, 4) is 0 Å². The Morgan fingerprint density at radius 2 is 2.32 bits per heavy atom. The van der Waals surface area contributed by atoms with Crippen LogP contribution in [0.15, 0.2) is 22.7 Å². The Kier molecular flexibility index (Phi) is 4.54. The summed E-state index contributed by atoms with van der Waals surface area (Å²) in [4.78, 5) is 13.4. The van der Waals surface area contributed by atoms with Gasteiger partial charge >= 0.3 is 5.97 Å². The standard InChI is InChI=1S/C13H15BrFNO3/c1-19-13(18)12-5-11(17)7-16(12)6-8-2-9(14)4-10(15)3-8/h2-4,11-12,17H,5-7H2,1H3. The highest BCUT2D eigenvalue weighted by Crippen LogP contribution is 2.23. The number of hydrogen-bond acceptors (Lipinski definition) is 4. The van der Waals surface area contributed by atoms with Crippen LogP contribution in [0.1, 0.15) is 12.0 Å². The summed E-state index contributed by atoms with van der Waals surface area (Å²) in [6.45, 7) is 0.779. The van der Waals surface area contributed by atoms with Gasteiger partial charge in [-0.2, -0.15) is 0 Å². The van der Waals surface area contributed by atoms with Crippen molar-refractivity contribution in [2.75, 3.05) is 13.7 Å². The maximum absolute atomic E-state index is 13.3. The number of likely N-dealkylation sites (tertiary alicyclic amines) is 1. The Labute approximate surface area is 119 Å². The Hall–Kier alpha value is -0.980. The van der Waals surface area contributed by atoms with Crippen LogP contribution in [-0.4, -0.2) is 41.8 Å². The second-order valence-electron chi connectivity index (χ2n) is 4.64. The molecule has 104 valence electrons. The summed E-state index contributed by atoms with van der Waals surface area (Å²) in [6, 6.07) is 4.12. The van der Waals surface area contributed by atoms with Crippen molar-refractivity contribution < 1.29 is 19.0 Å². The van der Waals surface area contributed by atoms with Crippen molar-refractivity contribution in [1.29, 1.82) is 0 Å². The van der Waals surface area contributed by atoms with E-state index in [-0.39, 0.29) is 11.8 Å². The minimum absolute atomic E-state index is 0.335. The van der Waals surface area contributed by atoms with Crippen LogP contribution in [0.5, 0.6) is 0 Å². The molecule has 6 heteroatoms. The molecule has 1 aromatic rings. The third kappa shape index (κ3) is 3.52. The molecule has 0 spiro atoms. The Morgan fingerprint density at radius 1 is 1.58 bits per heavy atom. The van der Waals surface area contributed by atoms with Gasteiger partial charge in [0.1, 0.15) is 11.9 Å². The normalized spacial score (nSPS) is 23.6. The lowest BCUT2D eigenvalue weighted by Gasteiger charge is -2.22. The van der Waals surface area contributed by atoms with Gasteiger partial charge in [-0.25, -0.2) is 4.39 Å². The van der Waals surface area contributed by atoms with Crippen LogP contribution < -0.4 is 0 Å². The first-order valence-electron chi connectivity index (χ1n) is 5.94. The van der Waals surface area contributed by atoms with Crippen LogP contribution >= 0.6 is 15.9 Å². The molecule has 0 aliphatic carbocycles. The number of esters is 1. The minimum atomic E-state index is -0.555. The van der Waals surface area contributed by atoms with Gasteiger partial charge in [-0.15, -0.1) is 0 Å². The molecule has 1 N–H and O–H groups in total. The van der Waals surface area contributed by atoms with Gasteiger partial charge in [0.15, 0.2) is 0 Å². The van der Waals surface area contributed by atoms with E-state index in [4.69, 9.17) is 4.74 Å². The number of aliphatic hydroxyl groups excluding tert-OH is 1. The first kappa shape index (κ1) is 14.4. The van der Waals surface area contributed by atoms with Gasteiger partial charge in [0.05, 0.1) is 13.2 Å². The van der Waals surface area contributed by atoms with Crippen molar-refractivity contribution in [2.24, 2.45) is 0 Å². The van der Waals surface area contributed by atoms with Crippen molar-refractivity contribution in [1.82, 2.24) is 4.90 Å². The number of carbonyl (C=O) groups is 1. The summed E-state index contributed by atoms with van der Waals surface area (Å²) < 4.78 is 18.7. The van der Waals surface area contributed by atoms with E-state index in [2.05, 4.69) is 15.9 Å². The fourth-order valence-corrected chi connectivity index (χ4v) is 2.88. The number of aliphatic hydroxyl groups is 1. The number of ether oxygens (including phenoxy) is 1. The monoisotopic (exact) mass is 331 g/mol. The quantitative estimate of drug-likeness (QED) is 0.856. The van der Waals surface area contributed by atoms with Crippen LogP contribution in [0.2, 0.25) is 0 Å². The van der Waals surface area contributed by atoms with Crippen molar-refractivity contribution >= 4 is 21.9 Å². The van der Waals surface area contributed by atoms with Gasteiger partial charge in [0.2, 0.25) is 0 Å². The molecular weight excluding hydrogens is 317 g/mol. The molecule has 1 aliphatic heterocycles. The van der Waals surface area contributed by atoms with Crippen LogP contribution in [0.25, 0.3) is 0 Å². The lowest BCUT2D eigenvalue weighted by Crippen LogP contribution is -2.36. The number of nitrogens with zero attached hydrogens (tertiary/aromatic N) is 1. The van der Waals surface area contributed by atoms with E-state index in [1.807, 2.05) is 0 Å². The average Bonchev–Trinajstić information content (AvgIpc) is 2.68. The number of rotatable bonds is 3. The predicted octanol–water partition coefficient (Wildman–Crippen LogP) is 1.70. The number of β-amino-alcohol motifs (C(OH)–C–C–N with tert-alkyl or cyclic N) is 1. The third-order valence-electron chi connectivity index (χ3n) is 3.16. The molecule has 0 bridgehead atoms. The number of halogens is 2. The van der Waals surface area contributed by atoms with Gasteiger partial charge in [0, 0.05) is 24.0 Å². The summed E-state index contributed by atoms with van der Waals surface area (Å²) in [5.41, 5.74) is 0.745. The van der Waals surface area contributed by atoms with Crippen LogP contribution in [-0.2, 0) is 16.1 Å². The molecule has 0 saturated carbocycles. The maximum atomic E-state index is 13.3. The van der Waals surface area contributed by atoms with E-state index in [0.29, 0.717) is 24.0 Å². The summed E-state index contributed by atoms with van der Waals surface area (Å²) >= 11 is 3.23. The molecular formula is C13H15BrFNO3. The summed E-state index contributed by atoms with van der Waals surface area (Å²) in [6.07, 6.45) is -0.204. The number of carbonyl (C=O) groups excluding carboxylic acids is 1. The first-order chi connectivity index (χ1) is 8.99. The van der Waals surface area contributed by atoms with Gasteiger partial charge in [0.25, 0.3) is 0 Å². The minimum Gasteiger partial charge on any atom is -0.468 e. The molecule has 0 amide bonds. The van der Waals surface area contributed by atoms with Crippen molar-refractivity contribution in [3.05, 3.63) is 34.1 Å². The largest absolute Gasteiger partial charge is 0.468 e. The van der Waals surface area contributed by atoms with E-state index in [0.717, 1.165) is 5.56 Å². The smallest absolute Gasteiger partial charge is 0.323 e. The predicted molar refractivity (Wildman–Crippen MR) is 70.9 cm³/mol. The highest BCUT2D eigenvalue weighted by molar-refractivity contribution is 9.10. The Morgan fingerprint density at radius 3 is 2.95 bits per heavy atom. The van der Waals surface area contributed by atoms with Gasteiger partial charge in [-0.1, -0.05) is 15.9 Å². The van der Waals surface area contributed by atoms with E-state index in [1.54, 1.807) is 11.0 Å². The van der Waals surface area contributed by atoms with E-state index in [1.165, 1.54) is 19.2 Å². The molecule has 2 rings (SSSR count). The zero-order valence-electron chi connectivity index (χ0n) is 10.5. The molecule has 4 nitrogen and oxygen atoms in total. The SMILES string of the molecule is COC(=O)C1CC(O)CN1Cc1cc(F)cc(Br)c1. The Bertz CT molecular complexity index is 463. The molecule has 2 unspecified atom stereocenters. The highest BCUT2D eigenvalue weighted by atomic mass is 79.9. The third-order valence-corrected chi connectivity index (χ3v) is 3.62. The van der Waals surface area contributed by atoms with Crippen molar-refractivity contribution in [2.45, 2.75) is 25.1 Å². The van der Waals surface area contributed by atoms with Gasteiger partial charge < -0.3 is 9.84 Å². The molecule has 1 heterocycles.